The molecule has 0 saturated heterocycles. The molecule has 0 spiro atoms. The molecule has 1 unspecified atom stereocenters. The third-order valence-electron chi connectivity index (χ3n) is 4.60. The summed E-state index contributed by atoms with van der Waals surface area (Å²) < 4.78 is 0. The van der Waals surface area contributed by atoms with E-state index in [1.807, 2.05) is 12.1 Å². The van der Waals surface area contributed by atoms with Gasteiger partial charge in [-0.25, -0.2) is 4.98 Å². The molecule has 4 nitrogen and oxygen atoms in total. The molecule has 4 rings (SSSR count). The molecule has 1 atom stereocenters. The highest BCUT2D eigenvalue weighted by atomic mass is 15.0. The van der Waals surface area contributed by atoms with Crippen LogP contribution in [-0.2, 0) is 0 Å². The fourth-order valence-electron chi connectivity index (χ4n) is 3.31. The standard InChI is InChI=1S/C22H18N4/c23-13-17-9-6-12-24-22(17)26-14-19(16-7-2-1-3-8-16)20-15-25-21-11-5-4-10-18(20)21/h1-12,15,19,25H,14H2,(H,24,26). The van der Waals surface area contributed by atoms with Crippen molar-refractivity contribution in [2.75, 3.05) is 11.9 Å². The molecule has 0 bridgehead atoms. The van der Waals surface area contributed by atoms with Crippen molar-refractivity contribution < 1.29 is 0 Å². The molecule has 2 N–H and O–H groups in total. The summed E-state index contributed by atoms with van der Waals surface area (Å²) in [5.41, 5.74) is 4.13. The van der Waals surface area contributed by atoms with Crippen LogP contribution in [0.1, 0.15) is 22.6 Å². The molecular formula is C22H18N4. The van der Waals surface area contributed by atoms with Gasteiger partial charge < -0.3 is 10.3 Å². The van der Waals surface area contributed by atoms with Crippen LogP contribution in [-0.4, -0.2) is 16.5 Å². The Morgan fingerprint density at radius 2 is 1.81 bits per heavy atom. The summed E-state index contributed by atoms with van der Waals surface area (Å²) in [6.45, 7) is 0.650. The monoisotopic (exact) mass is 338 g/mol. The number of rotatable bonds is 5. The Balaban J connectivity index is 1.72. The van der Waals surface area contributed by atoms with Crippen molar-refractivity contribution in [1.29, 1.82) is 5.26 Å². The second-order valence-corrected chi connectivity index (χ2v) is 6.15. The van der Waals surface area contributed by atoms with E-state index in [1.54, 1.807) is 18.3 Å². The second kappa shape index (κ2) is 7.12. The van der Waals surface area contributed by atoms with Gasteiger partial charge in [-0.15, -0.1) is 0 Å². The van der Waals surface area contributed by atoms with Gasteiger partial charge in [0.2, 0.25) is 0 Å². The van der Waals surface area contributed by atoms with Gasteiger partial charge in [0.05, 0.1) is 5.56 Å². The Labute approximate surface area is 152 Å². The third kappa shape index (κ3) is 3.03. The Morgan fingerprint density at radius 1 is 1.00 bits per heavy atom. The number of nitrogens with zero attached hydrogens (tertiary/aromatic N) is 2. The largest absolute Gasteiger partial charge is 0.368 e. The minimum Gasteiger partial charge on any atom is -0.368 e. The lowest BCUT2D eigenvalue weighted by molar-refractivity contribution is 0.855. The predicted octanol–water partition coefficient (Wildman–Crippen LogP) is 4.68. The summed E-state index contributed by atoms with van der Waals surface area (Å²) in [7, 11) is 0. The van der Waals surface area contributed by atoms with Crippen LogP contribution in [0.15, 0.2) is 79.1 Å². The molecule has 2 aromatic heterocycles. The average Bonchev–Trinajstić information content (AvgIpc) is 3.13. The zero-order valence-corrected chi connectivity index (χ0v) is 14.2. The summed E-state index contributed by atoms with van der Waals surface area (Å²) in [6.07, 6.45) is 3.78. The van der Waals surface area contributed by atoms with Crippen LogP contribution in [0.4, 0.5) is 5.82 Å². The lowest BCUT2D eigenvalue weighted by Gasteiger charge is -2.19. The van der Waals surface area contributed by atoms with Gasteiger partial charge in [0.15, 0.2) is 0 Å². The molecule has 2 aromatic carbocycles. The highest BCUT2D eigenvalue weighted by Crippen LogP contribution is 2.31. The number of aromatic nitrogens is 2. The maximum Gasteiger partial charge on any atom is 0.143 e. The first-order chi connectivity index (χ1) is 12.9. The Hall–Kier alpha value is -3.58. The number of nitriles is 1. The number of aromatic amines is 1. The topological polar surface area (TPSA) is 64.5 Å². The van der Waals surface area contributed by atoms with Gasteiger partial charge in [-0.3, -0.25) is 0 Å². The first-order valence-electron chi connectivity index (χ1n) is 8.57. The summed E-state index contributed by atoms with van der Waals surface area (Å²) in [4.78, 5) is 7.68. The molecule has 0 saturated carbocycles. The number of hydrogen-bond acceptors (Lipinski definition) is 3. The predicted molar refractivity (Wildman–Crippen MR) is 104 cm³/mol. The van der Waals surface area contributed by atoms with Crippen molar-refractivity contribution in [2.24, 2.45) is 0 Å². The lowest BCUT2D eigenvalue weighted by Crippen LogP contribution is -2.15. The van der Waals surface area contributed by atoms with E-state index in [9.17, 15) is 5.26 Å². The van der Waals surface area contributed by atoms with Crippen LogP contribution in [0.3, 0.4) is 0 Å². The van der Waals surface area contributed by atoms with Crippen LogP contribution in [0.5, 0.6) is 0 Å². The zero-order chi connectivity index (χ0) is 17.8. The molecule has 0 radical (unpaired) electrons. The van der Waals surface area contributed by atoms with Crippen LogP contribution in [0.2, 0.25) is 0 Å². The highest BCUT2D eigenvalue weighted by molar-refractivity contribution is 5.84. The Bertz CT molecular complexity index is 1060. The molecule has 26 heavy (non-hydrogen) atoms. The summed E-state index contributed by atoms with van der Waals surface area (Å²) in [6, 6.07) is 24.5. The van der Waals surface area contributed by atoms with E-state index < -0.39 is 0 Å². The van der Waals surface area contributed by atoms with Crippen LogP contribution in [0, 0.1) is 11.3 Å². The van der Waals surface area contributed by atoms with Gasteiger partial charge in [-0.05, 0) is 29.3 Å². The number of benzene rings is 2. The van der Waals surface area contributed by atoms with Gasteiger partial charge in [-0.2, -0.15) is 5.26 Å². The minimum absolute atomic E-state index is 0.140. The first kappa shape index (κ1) is 15.9. The minimum atomic E-state index is 0.140. The second-order valence-electron chi connectivity index (χ2n) is 6.15. The van der Waals surface area contributed by atoms with Gasteiger partial charge in [0, 0.05) is 35.8 Å². The van der Waals surface area contributed by atoms with Gasteiger partial charge >= 0.3 is 0 Å². The summed E-state index contributed by atoms with van der Waals surface area (Å²) in [5, 5.41) is 13.9. The smallest absolute Gasteiger partial charge is 0.143 e. The van der Waals surface area contributed by atoms with Crippen molar-refractivity contribution in [1.82, 2.24) is 9.97 Å². The van der Waals surface area contributed by atoms with E-state index in [0.29, 0.717) is 17.9 Å². The molecule has 0 aliphatic rings. The fraction of sp³-hybridized carbons (Fsp3) is 0.0909. The van der Waals surface area contributed by atoms with E-state index in [4.69, 9.17) is 0 Å². The van der Waals surface area contributed by atoms with E-state index >= 15 is 0 Å². The van der Waals surface area contributed by atoms with Crippen molar-refractivity contribution in [2.45, 2.75) is 5.92 Å². The summed E-state index contributed by atoms with van der Waals surface area (Å²) in [5.74, 6) is 0.761. The number of nitrogens with one attached hydrogen (secondary N) is 2. The average molecular weight is 338 g/mol. The molecular weight excluding hydrogens is 320 g/mol. The number of fused-ring (bicyclic) bond motifs is 1. The van der Waals surface area contributed by atoms with E-state index in [2.05, 4.69) is 70.0 Å². The fourth-order valence-corrected chi connectivity index (χ4v) is 3.31. The summed E-state index contributed by atoms with van der Waals surface area (Å²) >= 11 is 0. The van der Waals surface area contributed by atoms with Crippen LogP contribution >= 0.6 is 0 Å². The van der Waals surface area contributed by atoms with E-state index in [-0.39, 0.29) is 5.92 Å². The van der Waals surface area contributed by atoms with Crippen molar-refractivity contribution in [3.05, 3.63) is 95.8 Å². The lowest BCUT2D eigenvalue weighted by atomic mass is 9.91. The first-order valence-corrected chi connectivity index (χ1v) is 8.57. The van der Waals surface area contributed by atoms with Crippen LogP contribution < -0.4 is 5.32 Å². The maximum absolute atomic E-state index is 9.29. The normalized spacial score (nSPS) is 11.8. The van der Waals surface area contributed by atoms with Crippen molar-refractivity contribution in [3.8, 4) is 6.07 Å². The number of para-hydroxylation sites is 1. The van der Waals surface area contributed by atoms with Gasteiger partial charge in [0.1, 0.15) is 11.9 Å². The quantitative estimate of drug-likeness (QED) is 0.555. The number of anilines is 1. The van der Waals surface area contributed by atoms with E-state index in [1.165, 1.54) is 16.5 Å². The van der Waals surface area contributed by atoms with Gasteiger partial charge in [-0.1, -0.05) is 48.5 Å². The Morgan fingerprint density at radius 3 is 2.65 bits per heavy atom. The van der Waals surface area contributed by atoms with Crippen molar-refractivity contribution >= 4 is 16.7 Å². The molecule has 4 aromatic rings. The molecule has 0 fully saturated rings. The van der Waals surface area contributed by atoms with E-state index in [0.717, 1.165) is 5.52 Å². The maximum atomic E-state index is 9.29. The molecule has 0 aliphatic heterocycles. The number of pyridine rings is 1. The molecule has 0 amide bonds. The van der Waals surface area contributed by atoms with Gasteiger partial charge in [0.25, 0.3) is 0 Å². The molecule has 4 heteroatoms. The molecule has 2 heterocycles. The number of hydrogen-bond donors (Lipinski definition) is 2. The number of H-pyrrole nitrogens is 1. The molecule has 126 valence electrons. The third-order valence-corrected chi connectivity index (χ3v) is 4.60. The van der Waals surface area contributed by atoms with Crippen LogP contribution in [0.25, 0.3) is 10.9 Å². The zero-order valence-electron chi connectivity index (χ0n) is 14.2. The van der Waals surface area contributed by atoms with Crippen molar-refractivity contribution in [3.63, 3.8) is 0 Å². The molecule has 0 aliphatic carbocycles. The SMILES string of the molecule is N#Cc1cccnc1NCC(c1ccccc1)c1c[nH]c2ccccc12. The Kier molecular flexibility index (Phi) is 4.36. The highest BCUT2D eigenvalue weighted by Gasteiger charge is 2.18.